The number of para-hydroxylation sites is 1. The molecule has 0 aliphatic heterocycles. The second-order valence-electron chi connectivity index (χ2n) is 4.62. The third-order valence-corrected chi connectivity index (χ3v) is 2.97. The van der Waals surface area contributed by atoms with Crippen LogP contribution in [0.1, 0.15) is 27.7 Å². The van der Waals surface area contributed by atoms with Gasteiger partial charge in [-0.1, -0.05) is 0 Å². The van der Waals surface area contributed by atoms with E-state index >= 15 is 0 Å². The van der Waals surface area contributed by atoms with Gasteiger partial charge >= 0.3 is 186 Å². The summed E-state index contributed by atoms with van der Waals surface area (Å²) in [7, 11) is 0. The molecule has 0 aromatic heterocycles. The zero-order valence-corrected chi connectivity index (χ0v) is 18.3. The first-order chi connectivity index (χ1) is 14.5. The van der Waals surface area contributed by atoms with Crippen LogP contribution in [0.3, 0.4) is 0 Å². The average molecular weight is 454 g/mol. The minimum atomic E-state index is -0.531. The molecule has 8 nitrogen and oxygen atoms in total. The summed E-state index contributed by atoms with van der Waals surface area (Å²) in [5, 5.41) is 0. The summed E-state index contributed by atoms with van der Waals surface area (Å²) >= 11 is 2.89. The molecule has 1 aromatic carbocycles. The molecule has 0 saturated heterocycles. The second-order valence-corrected chi connectivity index (χ2v) is 5.25. The third kappa shape index (κ3) is 22.1. The van der Waals surface area contributed by atoms with Gasteiger partial charge in [0.25, 0.3) is 0 Å². The van der Waals surface area contributed by atoms with Gasteiger partial charge in [0.1, 0.15) is 0 Å². The topological polar surface area (TPSA) is 127 Å². The van der Waals surface area contributed by atoms with Gasteiger partial charge in [-0.25, -0.2) is 0 Å². The summed E-state index contributed by atoms with van der Waals surface area (Å²) in [4.78, 5) is 0. The monoisotopic (exact) mass is 454 g/mol. The number of hydrogen-bond donors (Lipinski definition) is 0. The first kappa shape index (κ1) is 38.4. The molecule has 30 heavy (non-hydrogen) atoms. The normalized spacial score (nSPS) is 8.53. The summed E-state index contributed by atoms with van der Waals surface area (Å²) in [6.07, 6.45) is 1.84. The number of ether oxygens (including phenoxy) is 3. The second kappa shape index (κ2) is 31.5. The van der Waals surface area contributed by atoms with Crippen molar-refractivity contribution < 1.29 is 53.3 Å². The summed E-state index contributed by atoms with van der Waals surface area (Å²) in [5.41, 5.74) is -0.531. The Morgan fingerprint density at radius 2 is 1.30 bits per heavy atom. The van der Waals surface area contributed by atoms with Crippen LogP contribution in [-0.4, -0.2) is 23.4 Å². The van der Waals surface area contributed by atoms with Crippen molar-refractivity contribution in [2.75, 3.05) is 13.2 Å². The minimum absolute atomic E-state index is 0.531. The number of hydrogen-bond acceptors (Lipinski definition) is 3. The molecule has 1 aromatic rings. The van der Waals surface area contributed by atoms with Gasteiger partial charge in [0.05, 0.1) is 0 Å². The third-order valence-electron chi connectivity index (χ3n) is 2.61. The Bertz CT molecular complexity index is 620. The molecular weight excluding hydrogens is 432 g/mol. The maximum absolute atomic E-state index is 7.50. The molecule has 0 N–H and O–H groups in total. The van der Waals surface area contributed by atoms with E-state index in [9.17, 15) is 0 Å². The fourth-order valence-electron chi connectivity index (χ4n) is 1.66. The van der Waals surface area contributed by atoms with E-state index in [1.807, 2.05) is 64.1 Å². The van der Waals surface area contributed by atoms with E-state index in [2.05, 4.69) is 49.1 Å². The van der Waals surface area contributed by atoms with E-state index < -0.39 is 5.60 Å². The molecule has 0 radical (unpaired) electrons. The molecule has 9 heteroatoms. The van der Waals surface area contributed by atoms with Crippen molar-refractivity contribution in [3.63, 3.8) is 0 Å². The predicted octanol–water partition coefficient (Wildman–Crippen LogP) is 3.29. The van der Waals surface area contributed by atoms with E-state index in [4.69, 9.17) is 37.5 Å². The van der Waals surface area contributed by atoms with Crippen LogP contribution in [0.2, 0.25) is 0 Å². The van der Waals surface area contributed by atoms with Gasteiger partial charge in [-0.2, -0.15) is 0 Å². The Kier molecular flexibility index (Phi) is 40.3. The number of benzene rings is 1. The Morgan fingerprint density at radius 3 is 1.67 bits per heavy atom. The fourth-order valence-corrected chi connectivity index (χ4v) is 2.02. The van der Waals surface area contributed by atoms with E-state index in [0.29, 0.717) is 23.5 Å². The summed E-state index contributed by atoms with van der Waals surface area (Å²) in [6.45, 7) is 31.6. The van der Waals surface area contributed by atoms with Gasteiger partial charge in [-0.3, -0.25) is 0 Å². The van der Waals surface area contributed by atoms with Gasteiger partial charge in [0.15, 0.2) is 0 Å². The molecule has 0 saturated carbocycles. The Balaban J connectivity index is -0.000000182. The van der Waals surface area contributed by atoms with Crippen LogP contribution in [0.4, 0.5) is 0 Å². The summed E-state index contributed by atoms with van der Waals surface area (Å²) in [5.74, 6) is 1.48. The van der Waals surface area contributed by atoms with Crippen LogP contribution in [0.25, 0.3) is 0 Å². The van der Waals surface area contributed by atoms with Crippen LogP contribution in [0.15, 0.2) is 42.2 Å². The van der Waals surface area contributed by atoms with E-state index in [0.717, 1.165) is 5.75 Å². The average Bonchev–Trinajstić information content (AvgIpc) is 2.81. The molecule has 0 aliphatic carbocycles. The summed E-state index contributed by atoms with van der Waals surface area (Å²) < 4.78 is 55.3. The van der Waals surface area contributed by atoms with Crippen molar-refractivity contribution in [3.8, 4) is 5.75 Å². The van der Waals surface area contributed by atoms with Crippen LogP contribution in [0.5, 0.6) is 5.75 Å². The zero-order valence-electron chi connectivity index (χ0n) is 17.1. The van der Waals surface area contributed by atoms with Crippen molar-refractivity contribution in [3.05, 3.63) is 75.4 Å². The van der Waals surface area contributed by atoms with Gasteiger partial charge in [0.2, 0.25) is 0 Å². The fraction of sp³-hybridized carbons (Fsp3) is 0.333. The standard InChI is InChI=1S/C16H22O3.5CO.Cr/c1-5-17-13-12-15(16(3,4)18-6-2)19-14-10-8-7-9-11-14;5*1-2;/h7-12H,5-6H2,1-4H3;;;;;;/b15-12-;;;;;;. The van der Waals surface area contributed by atoms with Crippen molar-refractivity contribution in [2.45, 2.75) is 33.3 Å². The van der Waals surface area contributed by atoms with Crippen LogP contribution in [0, 0.1) is 33.3 Å². The first-order valence-corrected chi connectivity index (χ1v) is 8.41. The van der Waals surface area contributed by atoms with Crippen LogP contribution >= 0.6 is 0 Å². The maximum atomic E-state index is 7.50. The molecule has 0 fully saturated rings. The van der Waals surface area contributed by atoms with Crippen molar-refractivity contribution in [1.29, 1.82) is 0 Å². The molecule has 0 heterocycles. The van der Waals surface area contributed by atoms with Crippen molar-refractivity contribution in [1.82, 2.24) is 0 Å². The summed E-state index contributed by atoms with van der Waals surface area (Å²) in [6, 6.07) is 9.65. The quantitative estimate of drug-likeness (QED) is 0.340. The number of rotatable bonds is 8. The molecule has 1 rings (SSSR count). The van der Waals surface area contributed by atoms with Gasteiger partial charge in [0, 0.05) is 0 Å². The van der Waals surface area contributed by atoms with Gasteiger partial charge in [-0.05, 0) is 0 Å². The van der Waals surface area contributed by atoms with Crippen molar-refractivity contribution in [2.24, 2.45) is 0 Å². The van der Waals surface area contributed by atoms with E-state index in [1.165, 1.54) is 0 Å². The Morgan fingerprint density at radius 1 is 0.867 bits per heavy atom. The predicted molar refractivity (Wildman–Crippen MR) is 97.1 cm³/mol. The molecule has 0 unspecified atom stereocenters. The van der Waals surface area contributed by atoms with E-state index in [1.54, 1.807) is 0 Å². The molecule has 0 spiro atoms. The van der Waals surface area contributed by atoms with Crippen LogP contribution in [-0.2, 0) is 48.6 Å². The Labute approximate surface area is 185 Å². The zero-order chi connectivity index (χ0) is 25.0. The first-order valence-electron chi connectivity index (χ1n) is 7.77. The Hall–Kier alpha value is -2.22. The molecular formula is C21H22CrO8. The SMILES string of the molecule is CCO[C](=[Cr])/C=C(\Oc1ccccc1)C(C)(C)OCC.[C-]#[O+].[C-]#[O+].[C-]#[O+].[C-]#[O+].[C-]#[O+]. The molecule has 160 valence electrons. The van der Waals surface area contributed by atoms with E-state index in [-0.39, 0.29) is 0 Å². The van der Waals surface area contributed by atoms with Crippen molar-refractivity contribution >= 4 is 4.57 Å². The molecule has 0 amide bonds. The van der Waals surface area contributed by atoms with Gasteiger partial charge < -0.3 is 0 Å². The molecule has 0 atom stereocenters. The molecule has 0 bridgehead atoms. The van der Waals surface area contributed by atoms with Gasteiger partial charge in [-0.15, -0.1) is 0 Å². The molecule has 0 aliphatic rings. The van der Waals surface area contributed by atoms with Crippen LogP contribution < -0.4 is 4.74 Å².